The fourth-order valence-corrected chi connectivity index (χ4v) is 3.83. The average molecular weight is 452 g/mol. The monoisotopic (exact) mass is 451 g/mol. The van der Waals surface area contributed by atoms with Crippen molar-refractivity contribution in [2.45, 2.75) is 13.8 Å². The second-order valence-corrected chi connectivity index (χ2v) is 8.50. The first-order chi connectivity index (χ1) is 14.9. The van der Waals surface area contributed by atoms with E-state index in [1.54, 1.807) is 12.1 Å². The third kappa shape index (κ3) is 4.53. The number of nitrogens with two attached hydrogens (primary N) is 1. The molecule has 7 heteroatoms. The molecule has 0 aliphatic heterocycles. The van der Waals surface area contributed by atoms with Gasteiger partial charge in [0.15, 0.2) is 0 Å². The number of hydrogen-bond acceptors (Lipinski definition) is 4. The van der Waals surface area contributed by atoms with Crippen molar-refractivity contribution in [3.63, 3.8) is 0 Å². The molecule has 0 radical (unpaired) electrons. The quantitative estimate of drug-likeness (QED) is 0.302. The molecule has 2 aromatic heterocycles. The molecule has 2 aromatic carbocycles. The average Bonchev–Trinajstić information content (AvgIpc) is 3.18. The Morgan fingerprint density at radius 3 is 2.32 bits per heavy atom. The molecule has 0 aliphatic rings. The van der Waals surface area contributed by atoms with Crippen LogP contribution in [0.1, 0.15) is 13.8 Å². The van der Waals surface area contributed by atoms with E-state index in [-0.39, 0.29) is 0 Å². The maximum atomic E-state index is 6.45. The minimum Gasteiger partial charge on any atom is -0.396 e. The van der Waals surface area contributed by atoms with Gasteiger partial charge in [-0.15, -0.1) is 0 Å². The molecule has 0 spiro atoms. The van der Waals surface area contributed by atoms with Crippen LogP contribution in [0.2, 0.25) is 10.0 Å². The van der Waals surface area contributed by atoms with Gasteiger partial charge in [0, 0.05) is 12.1 Å². The van der Waals surface area contributed by atoms with Crippen molar-refractivity contribution in [2.75, 3.05) is 17.6 Å². The summed E-state index contributed by atoms with van der Waals surface area (Å²) in [6.45, 7) is 5.04. The first-order valence-corrected chi connectivity index (χ1v) is 10.8. The van der Waals surface area contributed by atoms with Crippen molar-refractivity contribution in [2.24, 2.45) is 5.92 Å². The van der Waals surface area contributed by atoms with Crippen molar-refractivity contribution >= 4 is 34.7 Å². The second kappa shape index (κ2) is 9.00. The molecule has 4 aromatic rings. The number of nitrogens with one attached hydrogen (secondary N) is 2. The van der Waals surface area contributed by atoms with Crippen molar-refractivity contribution < 1.29 is 0 Å². The Hall–Kier alpha value is -3.02. The first-order valence-electron chi connectivity index (χ1n) is 10.0. The largest absolute Gasteiger partial charge is 0.396 e. The summed E-state index contributed by atoms with van der Waals surface area (Å²) in [6.07, 6.45) is 0. The zero-order chi connectivity index (χ0) is 22.0. The Morgan fingerprint density at radius 2 is 1.65 bits per heavy atom. The molecule has 5 nitrogen and oxygen atoms in total. The molecular formula is C24H23Cl2N5. The summed E-state index contributed by atoms with van der Waals surface area (Å²) in [5.41, 5.74) is 10.6. The summed E-state index contributed by atoms with van der Waals surface area (Å²) >= 11 is 12.9. The highest BCUT2D eigenvalue weighted by Gasteiger charge is 2.20. The van der Waals surface area contributed by atoms with Gasteiger partial charge in [0.05, 0.1) is 38.4 Å². The van der Waals surface area contributed by atoms with E-state index in [2.05, 4.69) is 24.1 Å². The number of hydrogen-bond donors (Lipinski definition) is 3. The molecule has 0 unspecified atom stereocenters. The number of H-pyrrole nitrogens is 1. The van der Waals surface area contributed by atoms with E-state index >= 15 is 0 Å². The number of anilines is 2. The van der Waals surface area contributed by atoms with Gasteiger partial charge in [-0.25, -0.2) is 9.97 Å². The molecule has 158 valence electrons. The van der Waals surface area contributed by atoms with Gasteiger partial charge in [-0.1, -0.05) is 73.4 Å². The molecular weight excluding hydrogens is 429 g/mol. The molecule has 0 saturated carbocycles. The summed E-state index contributed by atoms with van der Waals surface area (Å²) in [6, 6.07) is 19.1. The van der Waals surface area contributed by atoms with Crippen LogP contribution in [0.4, 0.5) is 11.5 Å². The molecule has 0 amide bonds. The molecule has 4 rings (SSSR count). The van der Waals surface area contributed by atoms with Crippen molar-refractivity contribution in [1.82, 2.24) is 15.0 Å². The van der Waals surface area contributed by atoms with E-state index < -0.39 is 0 Å². The third-order valence-corrected chi connectivity index (χ3v) is 5.44. The fraction of sp³-hybridized carbons (Fsp3) is 0.167. The van der Waals surface area contributed by atoms with Crippen LogP contribution in [-0.4, -0.2) is 21.5 Å². The van der Waals surface area contributed by atoms with Crippen LogP contribution in [0.5, 0.6) is 0 Å². The highest BCUT2D eigenvalue weighted by atomic mass is 35.5. The number of aromatic amines is 1. The fourth-order valence-electron chi connectivity index (χ4n) is 3.26. The van der Waals surface area contributed by atoms with Crippen molar-refractivity contribution in [3.8, 4) is 34.0 Å². The van der Waals surface area contributed by atoms with Gasteiger partial charge in [-0.05, 0) is 30.2 Å². The van der Waals surface area contributed by atoms with Crippen molar-refractivity contribution in [1.29, 1.82) is 0 Å². The Balaban J connectivity index is 1.87. The van der Waals surface area contributed by atoms with E-state index in [1.165, 1.54) is 0 Å². The predicted octanol–water partition coefficient (Wildman–Crippen LogP) is 6.76. The van der Waals surface area contributed by atoms with E-state index in [9.17, 15) is 0 Å². The number of pyridine rings is 1. The lowest BCUT2D eigenvalue weighted by atomic mass is 10.1. The topological polar surface area (TPSA) is 79.6 Å². The lowest BCUT2D eigenvalue weighted by Gasteiger charge is -2.12. The summed E-state index contributed by atoms with van der Waals surface area (Å²) in [5.74, 6) is 1.70. The lowest BCUT2D eigenvalue weighted by molar-refractivity contribution is 0.687. The highest BCUT2D eigenvalue weighted by Crippen LogP contribution is 2.38. The normalized spacial score (nSPS) is 11.1. The molecule has 0 saturated heterocycles. The number of nitrogens with zero attached hydrogens (tertiary/aromatic N) is 2. The molecule has 0 bridgehead atoms. The van der Waals surface area contributed by atoms with Crippen molar-refractivity contribution in [3.05, 3.63) is 70.7 Å². The molecule has 0 aliphatic carbocycles. The number of halogens is 2. The maximum Gasteiger partial charge on any atom is 0.149 e. The zero-order valence-corrected chi connectivity index (χ0v) is 18.8. The highest BCUT2D eigenvalue weighted by molar-refractivity contribution is 6.39. The molecule has 0 atom stereocenters. The van der Waals surface area contributed by atoms with E-state index in [4.69, 9.17) is 38.9 Å². The van der Waals surface area contributed by atoms with Gasteiger partial charge >= 0.3 is 0 Å². The van der Waals surface area contributed by atoms with Gasteiger partial charge in [-0.3, -0.25) is 0 Å². The molecule has 4 N–H and O–H groups in total. The van der Waals surface area contributed by atoms with E-state index in [1.807, 2.05) is 48.5 Å². The van der Waals surface area contributed by atoms with Crippen LogP contribution < -0.4 is 11.1 Å². The summed E-state index contributed by atoms with van der Waals surface area (Å²) in [7, 11) is 0. The van der Waals surface area contributed by atoms with Crippen LogP contribution in [0.3, 0.4) is 0 Å². The van der Waals surface area contributed by atoms with E-state index in [0.717, 1.165) is 29.2 Å². The minimum atomic E-state index is 0.464. The van der Waals surface area contributed by atoms with E-state index in [0.29, 0.717) is 38.9 Å². The number of rotatable bonds is 6. The van der Waals surface area contributed by atoms with Crippen LogP contribution in [0.25, 0.3) is 34.0 Å². The number of benzene rings is 2. The Kier molecular flexibility index (Phi) is 6.16. The second-order valence-electron chi connectivity index (χ2n) is 7.68. The molecule has 0 fully saturated rings. The summed E-state index contributed by atoms with van der Waals surface area (Å²) < 4.78 is 0. The number of nitrogen functional groups attached to an aromatic ring is 1. The molecule has 31 heavy (non-hydrogen) atoms. The van der Waals surface area contributed by atoms with Crippen LogP contribution in [0.15, 0.2) is 60.7 Å². The summed E-state index contributed by atoms with van der Waals surface area (Å²) in [4.78, 5) is 13.0. The third-order valence-electron chi connectivity index (χ3n) is 4.81. The predicted molar refractivity (Wildman–Crippen MR) is 130 cm³/mol. The Morgan fingerprint density at radius 1 is 0.935 bits per heavy atom. The summed E-state index contributed by atoms with van der Waals surface area (Å²) in [5, 5.41) is 4.38. The van der Waals surface area contributed by atoms with Gasteiger partial charge < -0.3 is 16.0 Å². The van der Waals surface area contributed by atoms with Gasteiger partial charge in [0.25, 0.3) is 0 Å². The lowest BCUT2D eigenvalue weighted by Crippen LogP contribution is -2.11. The minimum absolute atomic E-state index is 0.464. The van der Waals surface area contributed by atoms with Gasteiger partial charge in [0.1, 0.15) is 11.6 Å². The van der Waals surface area contributed by atoms with Crippen LogP contribution in [0, 0.1) is 5.92 Å². The Bertz CT molecular complexity index is 1180. The number of aromatic nitrogens is 3. The number of imidazole rings is 1. The zero-order valence-electron chi connectivity index (χ0n) is 17.3. The smallest absolute Gasteiger partial charge is 0.149 e. The maximum absolute atomic E-state index is 6.45. The van der Waals surface area contributed by atoms with Crippen LogP contribution >= 0.6 is 23.2 Å². The van der Waals surface area contributed by atoms with Gasteiger partial charge in [-0.2, -0.15) is 0 Å². The molecule has 2 heterocycles. The van der Waals surface area contributed by atoms with Crippen LogP contribution in [-0.2, 0) is 0 Å². The standard InChI is InChI=1S/C24H23Cl2N5/c1-14(2)13-28-23-18(27)11-12-19(29-23)22-21(15-7-4-3-5-8-15)30-24(31-22)20-16(25)9-6-10-17(20)26/h3-12,14H,13,27H2,1-2H3,(H,28,29)(H,30,31). The first kappa shape index (κ1) is 21.2. The Labute approximate surface area is 191 Å². The van der Waals surface area contributed by atoms with Gasteiger partial charge in [0.2, 0.25) is 0 Å². The SMILES string of the molecule is CC(C)CNc1nc(-c2[nH]c(-c3c(Cl)cccc3Cl)nc2-c2ccccc2)ccc1N.